The van der Waals surface area contributed by atoms with E-state index in [-0.39, 0.29) is 47.4 Å². The maximum absolute atomic E-state index is 14.0. The van der Waals surface area contributed by atoms with E-state index in [1.54, 1.807) is 0 Å². The quantitative estimate of drug-likeness (QED) is 0.211. The Balaban J connectivity index is 1.17. The normalized spacial score (nSPS) is 18.8. The van der Waals surface area contributed by atoms with E-state index in [4.69, 9.17) is 9.47 Å². The molecule has 1 N–H and O–H groups in total. The van der Waals surface area contributed by atoms with Crippen molar-refractivity contribution in [3.05, 3.63) is 55.0 Å². The lowest BCUT2D eigenvalue weighted by molar-refractivity contribution is -0.137. The van der Waals surface area contributed by atoms with Crippen LogP contribution in [0.25, 0.3) is 22.5 Å². The molecule has 282 valence electrons. The number of anilines is 2. The Kier molecular flexibility index (Phi) is 10.7. The molecule has 1 saturated carbocycles. The van der Waals surface area contributed by atoms with Crippen molar-refractivity contribution in [2.75, 3.05) is 49.8 Å². The molecular weight excluding hydrogens is 731 g/mol. The zero-order valence-corrected chi connectivity index (χ0v) is 29.1. The Hall–Kier alpha value is -5.18. The van der Waals surface area contributed by atoms with Gasteiger partial charge in [-0.15, -0.1) is 0 Å². The molecule has 1 saturated heterocycles. The minimum absolute atomic E-state index is 0.113. The average Bonchev–Trinajstić information content (AvgIpc) is 3.11. The van der Waals surface area contributed by atoms with Crippen LogP contribution in [0.5, 0.6) is 6.01 Å². The van der Waals surface area contributed by atoms with Crippen LogP contribution in [0.4, 0.5) is 38.5 Å². The minimum atomic E-state index is -4.84. The Morgan fingerprint density at radius 2 is 1.68 bits per heavy atom. The van der Waals surface area contributed by atoms with Crippen molar-refractivity contribution in [1.82, 2.24) is 39.8 Å². The number of nitrogens with one attached hydrogen (secondary N) is 1. The number of amides is 1. The first kappa shape index (κ1) is 37.6. The van der Waals surface area contributed by atoms with Crippen LogP contribution in [-0.4, -0.2) is 112 Å². The SMILES string of the molecule is COc1ncc(-c2cnc(N(C(=O)OCCN3CC(F)(F)C3)[C@H]3CC[C@H](Nc4ncc(C(F)(F)F)c(-c5cncc(S(C)(=O)=O)c5)n4)CC3)cn2)cn1. The van der Waals surface area contributed by atoms with Crippen LogP contribution < -0.4 is 15.0 Å². The van der Waals surface area contributed by atoms with Crippen molar-refractivity contribution in [2.45, 2.75) is 54.8 Å². The maximum Gasteiger partial charge on any atom is 0.419 e. The molecule has 15 nitrogen and oxygen atoms in total. The highest BCUT2D eigenvalue weighted by Crippen LogP contribution is 2.37. The van der Waals surface area contributed by atoms with Crippen molar-refractivity contribution in [2.24, 2.45) is 0 Å². The lowest BCUT2D eigenvalue weighted by Gasteiger charge is -2.39. The van der Waals surface area contributed by atoms with Crippen molar-refractivity contribution in [3.8, 4) is 28.5 Å². The second-order valence-electron chi connectivity index (χ2n) is 12.6. The molecular formula is C32H33F5N10O5S. The third-order valence-electron chi connectivity index (χ3n) is 8.64. The van der Waals surface area contributed by atoms with Gasteiger partial charge in [-0.25, -0.2) is 46.9 Å². The lowest BCUT2D eigenvalue weighted by atomic mass is 9.90. The molecule has 5 heterocycles. The Morgan fingerprint density at radius 3 is 2.28 bits per heavy atom. The highest BCUT2D eigenvalue weighted by Gasteiger charge is 2.43. The van der Waals surface area contributed by atoms with E-state index in [2.05, 4.69) is 40.2 Å². The summed E-state index contributed by atoms with van der Waals surface area (Å²) < 4.78 is 103. The zero-order chi connectivity index (χ0) is 38.0. The zero-order valence-electron chi connectivity index (χ0n) is 28.3. The molecule has 21 heteroatoms. The number of pyridine rings is 1. The molecule has 0 radical (unpaired) electrons. The fraction of sp³-hybridized carbons (Fsp3) is 0.438. The third kappa shape index (κ3) is 9.07. The summed E-state index contributed by atoms with van der Waals surface area (Å²) in [4.78, 5) is 44.9. The molecule has 1 amide bonds. The number of hydrogen-bond acceptors (Lipinski definition) is 14. The van der Waals surface area contributed by atoms with Gasteiger partial charge in [0.05, 0.1) is 48.9 Å². The van der Waals surface area contributed by atoms with Gasteiger partial charge in [0, 0.05) is 67.0 Å². The minimum Gasteiger partial charge on any atom is -0.467 e. The molecule has 0 atom stereocenters. The number of rotatable bonds is 11. The summed E-state index contributed by atoms with van der Waals surface area (Å²) in [5.41, 5.74) is -0.891. The fourth-order valence-corrected chi connectivity index (χ4v) is 6.56. The second-order valence-corrected chi connectivity index (χ2v) is 14.6. The third-order valence-corrected chi connectivity index (χ3v) is 9.71. The standard InChI is InChI=1S/C32H33F5N10O5S/c1-51-29-42-11-20(12-43-29)25-15-40-26(16-39-25)47(30(48)52-8-7-46-17-31(33,34)18-46)22-5-3-21(4-6-22)44-28-41-14-24(32(35,36)37)27(45-28)19-9-23(13-38-10-19)53(2,49)50/h9-16,21-22H,3-8,17-18H2,1-2H3,(H,41,44,45)/t21-,22-. The summed E-state index contributed by atoms with van der Waals surface area (Å²) >= 11 is 0. The summed E-state index contributed by atoms with van der Waals surface area (Å²) in [6, 6.07) is 0.487. The van der Waals surface area contributed by atoms with Crippen molar-refractivity contribution in [1.29, 1.82) is 0 Å². The Morgan fingerprint density at radius 1 is 0.962 bits per heavy atom. The molecule has 0 aromatic carbocycles. The first-order valence-electron chi connectivity index (χ1n) is 16.2. The monoisotopic (exact) mass is 764 g/mol. The van der Waals surface area contributed by atoms with Gasteiger partial charge in [0.25, 0.3) is 5.92 Å². The van der Waals surface area contributed by atoms with Gasteiger partial charge < -0.3 is 14.8 Å². The number of carbonyl (C=O) groups excluding carboxylic acids is 1. The number of sulfone groups is 1. The number of methoxy groups -OCH3 is 1. The van der Waals surface area contributed by atoms with Crippen LogP contribution >= 0.6 is 0 Å². The maximum atomic E-state index is 14.0. The van der Waals surface area contributed by atoms with Gasteiger partial charge in [-0.3, -0.25) is 19.8 Å². The number of likely N-dealkylation sites (tertiary alicyclic amines) is 1. The number of halogens is 5. The first-order chi connectivity index (χ1) is 25.1. The van der Waals surface area contributed by atoms with Gasteiger partial charge >= 0.3 is 18.3 Å². The molecule has 6 rings (SSSR count). The van der Waals surface area contributed by atoms with Crippen molar-refractivity contribution >= 4 is 27.7 Å². The average molecular weight is 765 g/mol. The number of hydrogen-bond donors (Lipinski definition) is 1. The number of carbonyl (C=O) groups is 1. The smallest absolute Gasteiger partial charge is 0.419 e. The molecule has 0 spiro atoms. The predicted octanol–water partition coefficient (Wildman–Crippen LogP) is 4.53. The Bertz CT molecular complexity index is 2030. The molecule has 4 aromatic rings. The second kappa shape index (κ2) is 15.0. The van der Waals surface area contributed by atoms with Crippen molar-refractivity contribution < 1.29 is 44.6 Å². The van der Waals surface area contributed by atoms with Crippen LogP contribution in [-0.2, 0) is 20.8 Å². The molecule has 1 aliphatic carbocycles. The number of aromatic nitrogens is 7. The lowest BCUT2D eigenvalue weighted by Crippen LogP contribution is -2.57. The first-order valence-corrected chi connectivity index (χ1v) is 18.1. The van der Waals surface area contributed by atoms with Gasteiger partial charge in [-0.05, 0) is 31.7 Å². The van der Waals surface area contributed by atoms with E-state index in [9.17, 15) is 35.2 Å². The highest BCUT2D eigenvalue weighted by atomic mass is 32.2. The Labute approximate surface area is 300 Å². The van der Waals surface area contributed by atoms with Crippen LogP contribution in [0.15, 0.2) is 54.3 Å². The van der Waals surface area contributed by atoms with Gasteiger partial charge in [0.15, 0.2) is 15.7 Å². The van der Waals surface area contributed by atoms with E-state index in [0.717, 1.165) is 24.7 Å². The molecule has 0 bridgehead atoms. The van der Waals surface area contributed by atoms with Gasteiger partial charge in [-0.2, -0.15) is 13.2 Å². The summed E-state index contributed by atoms with van der Waals surface area (Å²) in [6.07, 6.45) is 5.58. The fourth-order valence-electron chi connectivity index (χ4n) is 5.97. The van der Waals surface area contributed by atoms with E-state index >= 15 is 0 Å². The van der Waals surface area contributed by atoms with Crippen LogP contribution in [0, 0.1) is 0 Å². The van der Waals surface area contributed by atoms with Crippen LogP contribution in [0.2, 0.25) is 0 Å². The summed E-state index contributed by atoms with van der Waals surface area (Å²) in [5.74, 6) is -2.69. The van der Waals surface area contributed by atoms with Crippen molar-refractivity contribution in [3.63, 3.8) is 0 Å². The molecule has 1 aliphatic heterocycles. The summed E-state index contributed by atoms with van der Waals surface area (Å²) in [7, 11) is -2.34. The largest absolute Gasteiger partial charge is 0.467 e. The number of alkyl halides is 5. The molecule has 2 fully saturated rings. The number of ether oxygens (including phenoxy) is 2. The van der Waals surface area contributed by atoms with E-state index in [1.807, 2.05) is 0 Å². The molecule has 53 heavy (non-hydrogen) atoms. The van der Waals surface area contributed by atoms with E-state index < -0.39 is 58.4 Å². The number of nitrogens with zero attached hydrogens (tertiary/aromatic N) is 9. The van der Waals surface area contributed by atoms with E-state index in [0.29, 0.717) is 43.1 Å². The molecule has 2 aliphatic rings. The van der Waals surface area contributed by atoms with Gasteiger partial charge in [0.1, 0.15) is 12.2 Å². The predicted molar refractivity (Wildman–Crippen MR) is 178 cm³/mol. The van der Waals surface area contributed by atoms with Crippen LogP contribution in [0.3, 0.4) is 0 Å². The van der Waals surface area contributed by atoms with E-state index in [1.165, 1.54) is 41.7 Å². The van der Waals surface area contributed by atoms with Gasteiger partial charge in [-0.1, -0.05) is 0 Å². The van der Waals surface area contributed by atoms with Gasteiger partial charge in [0.2, 0.25) is 5.95 Å². The molecule has 0 unspecified atom stereocenters. The summed E-state index contributed by atoms with van der Waals surface area (Å²) in [6.45, 7) is -0.840. The highest BCUT2D eigenvalue weighted by molar-refractivity contribution is 7.90. The summed E-state index contributed by atoms with van der Waals surface area (Å²) in [5, 5.41) is 3.06. The topological polar surface area (TPSA) is 178 Å². The molecule has 4 aromatic heterocycles. The van der Waals surface area contributed by atoms with Crippen LogP contribution in [0.1, 0.15) is 31.2 Å².